The number of imide groups is 1. The Kier molecular flexibility index (Phi) is 7.84. The number of hydrogen-bond acceptors (Lipinski definition) is 6. The number of carbonyl (C=O) groups is 3. The third-order valence-electron chi connectivity index (χ3n) is 6.44. The maximum Gasteiger partial charge on any atom is 0.248 e. The number of rotatable bonds is 8. The lowest BCUT2D eigenvalue weighted by Gasteiger charge is -2.35. The lowest BCUT2D eigenvalue weighted by molar-refractivity contribution is -0.134. The summed E-state index contributed by atoms with van der Waals surface area (Å²) in [6, 6.07) is 12.7. The molecular weight excluding hydrogens is 500 g/mol. The molecule has 1 unspecified atom stereocenters. The molecule has 9 heteroatoms. The van der Waals surface area contributed by atoms with E-state index in [4.69, 9.17) is 10.5 Å². The summed E-state index contributed by atoms with van der Waals surface area (Å²) >= 11 is 3.67. The van der Waals surface area contributed by atoms with Crippen molar-refractivity contribution in [3.05, 3.63) is 58.1 Å². The van der Waals surface area contributed by atoms with E-state index < -0.39 is 5.91 Å². The van der Waals surface area contributed by atoms with Gasteiger partial charge in [-0.25, -0.2) is 0 Å². The molecule has 2 fully saturated rings. The Bertz CT molecular complexity index is 1050. The number of primary amides is 1. The van der Waals surface area contributed by atoms with E-state index in [9.17, 15) is 14.4 Å². The zero-order valence-electron chi connectivity index (χ0n) is 18.9. The van der Waals surface area contributed by atoms with Crippen LogP contribution in [0.3, 0.4) is 0 Å². The van der Waals surface area contributed by atoms with Crippen molar-refractivity contribution in [1.82, 2.24) is 10.6 Å². The largest absolute Gasteiger partial charge is 0.493 e. The second-order valence-electron chi connectivity index (χ2n) is 8.75. The number of ether oxygens (including phenoxy) is 1. The molecule has 2 aromatic rings. The maximum atomic E-state index is 12.1. The second kappa shape index (κ2) is 11.0. The molecule has 2 saturated heterocycles. The zero-order chi connectivity index (χ0) is 24.1. The van der Waals surface area contributed by atoms with Crippen molar-refractivity contribution in [2.45, 2.75) is 38.3 Å². The summed E-state index contributed by atoms with van der Waals surface area (Å²) in [4.78, 5) is 37.1. The topological polar surface area (TPSA) is 114 Å². The fourth-order valence-electron chi connectivity index (χ4n) is 4.40. The van der Waals surface area contributed by atoms with Crippen molar-refractivity contribution in [2.24, 2.45) is 11.7 Å². The van der Waals surface area contributed by atoms with E-state index >= 15 is 0 Å². The van der Waals surface area contributed by atoms with Gasteiger partial charge < -0.3 is 20.7 Å². The summed E-state index contributed by atoms with van der Waals surface area (Å²) in [5.74, 6) is 0.276. The Morgan fingerprint density at radius 3 is 2.53 bits per heavy atom. The fourth-order valence-corrected chi connectivity index (χ4v) is 4.90. The first-order valence-corrected chi connectivity index (χ1v) is 12.3. The first-order chi connectivity index (χ1) is 16.4. The van der Waals surface area contributed by atoms with Crippen molar-refractivity contribution in [3.8, 4) is 5.75 Å². The molecule has 2 aromatic carbocycles. The summed E-state index contributed by atoms with van der Waals surface area (Å²) in [7, 11) is 0. The van der Waals surface area contributed by atoms with Gasteiger partial charge in [-0.2, -0.15) is 0 Å². The number of benzene rings is 2. The number of halogens is 1. The Hall–Kier alpha value is -2.91. The molecular formula is C25H29BrN4O4. The van der Waals surface area contributed by atoms with E-state index in [0.29, 0.717) is 37.5 Å². The van der Waals surface area contributed by atoms with Gasteiger partial charge in [0.05, 0.1) is 12.6 Å². The third kappa shape index (κ3) is 5.95. The summed E-state index contributed by atoms with van der Waals surface area (Å²) in [5, 5.41) is 5.72. The monoisotopic (exact) mass is 528 g/mol. The lowest BCUT2D eigenvalue weighted by Crippen LogP contribution is -2.50. The van der Waals surface area contributed by atoms with E-state index in [-0.39, 0.29) is 17.9 Å². The number of nitrogens with zero attached hydrogens (tertiary/aromatic N) is 1. The molecule has 0 bridgehead atoms. The van der Waals surface area contributed by atoms with Crippen LogP contribution in [0.4, 0.5) is 5.69 Å². The molecule has 2 heterocycles. The average Bonchev–Trinajstić information content (AvgIpc) is 2.83. The standard InChI is InChI=1S/C25H29BrN4O4/c26-20-2-1-3-22(19(20)14-28-21-8-9-23(31)29-25(21)33)30-12-10-16(11-13-30)15-34-18-6-4-17(5-7-18)24(27)32/h1-7,16,21,28H,8-15H2,(H2,27,32)(H,29,31,33). The van der Waals surface area contributed by atoms with E-state index in [0.717, 1.165) is 47.4 Å². The SMILES string of the molecule is NC(=O)c1ccc(OCC2CCN(c3cccc(Br)c3CNC3CCC(=O)NC3=O)CC2)cc1. The number of nitrogens with one attached hydrogen (secondary N) is 2. The molecule has 2 aliphatic rings. The first-order valence-electron chi connectivity index (χ1n) is 11.5. The summed E-state index contributed by atoms with van der Waals surface area (Å²) in [6.07, 6.45) is 2.88. The molecule has 0 aromatic heterocycles. The van der Waals surface area contributed by atoms with Gasteiger partial charge in [-0.05, 0) is 61.6 Å². The number of nitrogens with two attached hydrogens (primary N) is 1. The van der Waals surface area contributed by atoms with Gasteiger partial charge in [-0.3, -0.25) is 19.7 Å². The van der Waals surface area contributed by atoms with Crippen LogP contribution in [-0.4, -0.2) is 43.5 Å². The molecule has 4 rings (SSSR count). The van der Waals surface area contributed by atoms with Gasteiger partial charge in [0.15, 0.2) is 0 Å². The molecule has 0 radical (unpaired) electrons. The predicted octanol–water partition coefficient (Wildman–Crippen LogP) is 2.74. The Balaban J connectivity index is 1.31. The minimum absolute atomic E-state index is 0.209. The van der Waals surface area contributed by atoms with Crippen LogP contribution >= 0.6 is 15.9 Å². The van der Waals surface area contributed by atoms with Crippen LogP contribution in [-0.2, 0) is 16.1 Å². The lowest BCUT2D eigenvalue weighted by atomic mass is 9.96. The summed E-state index contributed by atoms with van der Waals surface area (Å²) < 4.78 is 6.93. The highest BCUT2D eigenvalue weighted by Gasteiger charge is 2.27. The number of amides is 3. The predicted molar refractivity (Wildman–Crippen MR) is 133 cm³/mol. The second-order valence-corrected chi connectivity index (χ2v) is 9.61. The van der Waals surface area contributed by atoms with E-state index in [1.807, 2.05) is 12.1 Å². The molecule has 2 aliphatic heterocycles. The first kappa shape index (κ1) is 24.2. The molecule has 1 atom stereocenters. The molecule has 4 N–H and O–H groups in total. The minimum atomic E-state index is -0.446. The normalized spacial score (nSPS) is 19.1. The van der Waals surface area contributed by atoms with Gasteiger partial charge in [-0.15, -0.1) is 0 Å². The molecule has 0 aliphatic carbocycles. The van der Waals surface area contributed by atoms with Crippen LogP contribution < -0.4 is 26.0 Å². The third-order valence-corrected chi connectivity index (χ3v) is 7.18. The van der Waals surface area contributed by atoms with Crippen molar-refractivity contribution < 1.29 is 19.1 Å². The molecule has 0 saturated carbocycles. The van der Waals surface area contributed by atoms with Crippen LogP contribution in [0.15, 0.2) is 46.9 Å². The Morgan fingerprint density at radius 1 is 1.12 bits per heavy atom. The van der Waals surface area contributed by atoms with E-state index in [1.54, 1.807) is 24.3 Å². The Labute approximate surface area is 207 Å². The molecule has 8 nitrogen and oxygen atoms in total. The van der Waals surface area contributed by atoms with Gasteiger partial charge in [0.1, 0.15) is 5.75 Å². The van der Waals surface area contributed by atoms with Crippen LogP contribution in [0, 0.1) is 5.92 Å². The van der Waals surface area contributed by atoms with Crippen molar-refractivity contribution >= 4 is 39.3 Å². The smallest absolute Gasteiger partial charge is 0.248 e. The van der Waals surface area contributed by atoms with E-state index in [1.165, 1.54) is 0 Å². The molecule has 34 heavy (non-hydrogen) atoms. The zero-order valence-corrected chi connectivity index (χ0v) is 20.5. The van der Waals surface area contributed by atoms with Crippen molar-refractivity contribution in [1.29, 1.82) is 0 Å². The van der Waals surface area contributed by atoms with Crippen molar-refractivity contribution in [3.63, 3.8) is 0 Å². The van der Waals surface area contributed by atoms with Crippen LogP contribution in [0.1, 0.15) is 41.6 Å². The van der Waals surface area contributed by atoms with E-state index in [2.05, 4.69) is 37.5 Å². The summed E-state index contributed by atoms with van der Waals surface area (Å²) in [6.45, 7) is 2.99. The highest BCUT2D eigenvalue weighted by Crippen LogP contribution is 2.31. The molecule has 180 valence electrons. The Morgan fingerprint density at radius 2 is 1.85 bits per heavy atom. The highest BCUT2D eigenvalue weighted by molar-refractivity contribution is 9.10. The van der Waals surface area contributed by atoms with Crippen LogP contribution in [0.5, 0.6) is 5.75 Å². The van der Waals surface area contributed by atoms with Gasteiger partial charge >= 0.3 is 0 Å². The molecule has 0 spiro atoms. The number of carbonyl (C=O) groups excluding carboxylic acids is 3. The van der Waals surface area contributed by atoms with Gasteiger partial charge in [-0.1, -0.05) is 22.0 Å². The van der Waals surface area contributed by atoms with Crippen LogP contribution in [0.25, 0.3) is 0 Å². The molecule has 3 amide bonds. The summed E-state index contributed by atoms with van der Waals surface area (Å²) in [5.41, 5.74) is 8.01. The van der Waals surface area contributed by atoms with Gasteiger partial charge in [0.25, 0.3) is 0 Å². The minimum Gasteiger partial charge on any atom is -0.493 e. The number of hydrogen-bond donors (Lipinski definition) is 3. The van der Waals surface area contributed by atoms with Gasteiger partial charge in [0, 0.05) is 47.3 Å². The fraction of sp³-hybridized carbons (Fsp3) is 0.400. The van der Waals surface area contributed by atoms with Gasteiger partial charge in [0.2, 0.25) is 17.7 Å². The highest BCUT2D eigenvalue weighted by atomic mass is 79.9. The maximum absolute atomic E-state index is 12.1. The number of anilines is 1. The average molecular weight is 529 g/mol. The van der Waals surface area contributed by atoms with Crippen LogP contribution in [0.2, 0.25) is 0 Å². The number of piperidine rings is 2. The quantitative estimate of drug-likeness (QED) is 0.454. The van der Waals surface area contributed by atoms with Crippen molar-refractivity contribution in [2.75, 3.05) is 24.6 Å².